The van der Waals surface area contributed by atoms with E-state index >= 15 is 0 Å². The Balaban J connectivity index is 1.60. The highest BCUT2D eigenvalue weighted by Crippen LogP contribution is 2.26. The van der Waals surface area contributed by atoms with Crippen molar-refractivity contribution in [3.63, 3.8) is 0 Å². The summed E-state index contributed by atoms with van der Waals surface area (Å²) in [4.78, 5) is 7.16. The van der Waals surface area contributed by atoms with Gasteiger partial charge in [-0.3, -0.25) is 9.89 Å². The smallest absolute Gasteiger partial charge is 0.179 e. The van der Waals surface area contributed by atoms with Crippen molar-refractivity contribution < 1.29 is 0 Å². The topological polar surface area (TPSA) is 27.6 Å². The zero-order valence-electron chi connectivity index (χ0n) is 18.9. The fraction of sp³-hybridized carbons (Fsp3) is 0.462. The van der Waals surface area contributed by atoms with E-state index in [9.17, 15) is 0 Å². The van der Waals surface area contributed by atoms with Crippen LogP contribution in [0.15, 0.2) is 59.6 Å². The van der Waals surface area contributed by atoms with Crippen LogP contribution in [0.5, 0.6) is 0 Å². The largest absolute Gasteiger partial charge is 0.332 e. The highest BCUT2D eigenvalue weighted by atomic mass is 35.5. The maximum atomic E-state index is 6.11. The summed E-state index contributed by atoms with van der Waals surface area (Å²) in [6, 6.07) is 18.5. The van der Waals surface area contributed by atoms with E-state index in [1.54, 1.807) is 11.8 Å². The third kappa shape index (κ3) is 8.09. The zero-order valence-corrected chi connectivity index (χ0v) is 21.3. The number of hydrogen-bond donors (Lipinski definition) is 1. The molecule has 1 aliphatic rings. The molecule has 1 fully saturated rings. The van der Waals surface area contributed by atoms with Crippen LogP contribution in [-0.4, -0.2) is 34.0 Å². The minimum absolute atomic E-state index is 0.451. The summed E-state index contributed by atoms with van der Waals surface area (Å²) in [5, 5.41) is 5.71. The van der Waals surface area contributed by atoms with Crippen LogP contribution in [0.3, 0.4) is 0 Å². The number of aliphatic imine (C=N–C) groups is 1. The molecular formula is C26H34ClN3S2. The summed E-state index contributed by atoms with van der Waals surface area (Å²) in [5.41, 5.74) is 2.29. The molecular weight excluding hydrogens is 454 g/mol. The van der Waals surface area contributed by atoms with Gasteiger partial charge in [-0.2, -0.15) is 0 Å². The molecule has 32 heavy (non-hydrogen) atoms. The molecule has 6 heteroatoms. The van der Waals surface area contributed by atoms with Crippen molar-refractivity contribution >= 4 is 51.5 Å². The normalized spacial score (nSPS) is 15.8. The number of anilines is 1. The molecule has 2 aromatic carbocycles. The van der Waals surface area contributed by atoms with Gasteiger partial charge in [0.15, 0.2) is 10.3 Å². The molecule has 0 aromatic heterocycles. The fourth-order valence-electron chi connectivity index (χ4n) is 3.93. The number of benzene rings is 2. The molecule has 3 rings (SSSR count). The number of thiocarbonyl (C=S) groups is 1. The van der Waals surface area contributed by atoms with Crippen molar-refractivity contribution in [1.29, 1.82) is 0 Å². The van der Waals surface area contributed by atoms with Gasteiger partial charge in [-0.05, 0) is 42.4 Å². The highest BCUT2D eigenvalue weighted by Gasteiger charge is 2.24. The SMILES string of the molecule is CCCCCCCCC(CN=C1SCCN1C(=S)Nc1cccc(Cl)c1)c1ccccc1. The number of halogens is 1. The molecule has 1 N–H and O–H groups in total. The molecule has 0 bridgehead atoms. The average Bonchev–Trinajstić information content (AvgIpc) is 3.27. The van der Waals surface area contributed by atoms with Gasteiger partial charge in [-0.25, -0.2) is 0 Å². The van der Waals surface area contributed by atoms with E-state index in [2.05, 4.69) is 47.5 Å². The quantitative estimate of drug-likeness (QED) is 0.257. The Bertz CT molecular complexity index is 872. The average molecular weight is 488 g/mol. The molecule has 172 valence electrons. The predicted molar refractivity (Wildman–Crippen MR) is 146 cm³/mol. The number of unbranched alkanes of at least 4 members (excludes halogenated alkanes) is 5. The van der Waals surface area contributed by atoms with Gasteiger partial charge in [0.05, 0.1) is 0 Å². The van der Waals surface area contributed by atoms with Gasteiger partial charge in [-0.15, -0.1) is 0 Å². The fourth-order valence-corrected chi connectivity index (χ4v) is 5.43. The van der Waals surface area contributed by atoms with E-state index in [1.807, 2.05) is 24.3 Å². The number of hydrogen-bond acceptors (Lipinski definition) is 3. The van der Waals surface area contributed by atoms with Crippen molar-refractivity contribution in [3.8, 4) is 0 Å². The summed E-state index contributed by atoms with van der Waals surface area (Å²) in [7, 11) is 0. The molecule has 1 atom stereocenters. The van der Waals surface area contributed by atoms with E-state index in [-0.39, 0.29) is 0 Å². The second-order valence-corrected chi connectivity index (χ2v) is 10.1. The summed E-state index contributed by atoms with van der Waals surface area (Å²) in [5.74, 6) is 1.45. The molecule has 0 spiro atoms. The second kappa shape index (κ2) is 13.9. The Kier molecular flexibility index (Phi) is 10.9. The van der Waals surface area contributed by atoms with E-state index < -0.39 is 0 Å². The first-order valence-electron chi connectivity index (χ1n) is 11.7. The lowest BCUT2D eigenvalue weighted by atomic mass is 9.93. The van der Waals surface area contributed by atoms with Crippen LogP contribution in [-0.2, 0) is 0 Å². The van der Waals surface area contributed by atoms with Gasteiger partial charge in [0.25, 0.3) is 0 Å². The second-order valence-electron chi connectivity index (χ2n) is 8.23. The van der Waals surface area contributed by atoms with Crippen molar-refractivity contribution in [3.05, 3.63) is 65.2 Å². The number of thioether (sulfide) groups is 1. The monoisotopic (exact) mass is 487 g/mol. The zero-order chi connectivity index (χ0) is 22.6. The van der Waals surface area contributed by atoms with Crippen LogP contribution >= 0.6 is 35.6 Å². The Morgan fingerprint density at radius 2 is 1.88 bits per heavy atom. The maximum absolute atomic E-state index is 6.11. The van der Waals surface area contributed by atoms with Gasteiger partial charge in [0.1, 0.15) is 0 Å². The molecule has 0 radical (unpaired) electrons. The molecule has 2 aromatic rings. The lowest BCUT2D eigenvalue weighted by Crippen LogP contribution is -2.35. The summed E-state index contributed by atoms with van der Waals surface area (Å²) in [6.07, 6.45) is 9.11. The third-order valence-corrected chi connectivity index (χ3v) is 7.27. The van der Waals surface area contributed by atoms with Crippen LogP contribution in [0, 0.1) is 0 Å². The first-order valence-corrected chi connectivity index (χ1v) is 13.5. The van der Waals surface area contributed by atoms with E-state index in [4.69, 9.17) is 28.8 Å². The Hall–Kier alpha value is -1.56. The van der Waals surface area contributed by atoms with E-state index in [0.717, 1.165) is 29.7 Å². The first kappa shape index (κ1) is 25.1. The van der Waals surface area contributed by atoms with Gasteiger partial charge >= 0.3 is 0 Å². The molecule has 1 saturated heterocycles. The van der Waals surface area contributed by atoms with Gasteiger partial charge in [0, 0.05) is 35.5 Å². The Labute approximate surface area is 208 Å². The standard InChI is InChI=1S/C26H34ClN3S2/c1-2-3-4-5-6-8-14-22(21-12-9-7-10-13-21)20-28-26-30(17-18-32-26)25(31)29-24-16-11-15-23(27)19-24/h7,9-13,15-16,19,22H,2-6,8,14,17-18,20H2,1H3,(H,29,31). The lowest BCUT2D eigenvalue weighted by molar-refractivity contribution is 0.541. The van der Waals surface area contributed by atoms with Crippen LogP contribution in [0.4, 0.5) is 5.69 Å². The first-order chi connectivity index (χ1) is 15.7. The van der Waals surface area contributed by atoms with Crippen LogP contribution < -0.4 is 5.32 Å². The number of rotatable bonds is 11. The van der Waals surface area contributed by atoms with Crippen LogP contribution in [0.2, 0.25) is 5.02 Å². The number of nitrogens with zero attached hydrogens (tertiary/aromatic N) is 2. The minimum atomic E-state index is 0.451. The van der Waals surface area contributed by atoms with Crippen LogP contribution in [0.25, 0.3) is 0 Å². The molecule has 1 heterocycles. The lowest BCUT2D eigenvalue weighted by Gasteiger charge is -2.21. The van der Waals surface area contributed by atoms with Crippen LogP contribution in [0.1, 0.15) is 63.4 Å². The molecule has 1 aliphatic heterocycles. The third-order valence-electron chi connectivity index (χ3n) is 5.72. The molecule has 1 unspecified atom stereocenters. The van der Waals surface area contributed by atoms with E-state index in [0.29, 0.717) is 16.1 Å². The number of amidine groups is 1. The van der Waals surface area contributed by atoms with Crippen molar-refractivity contribution in [2.45, 2.75) is 57.8 Å². The van der Waals surface area contributed by atoms with Gasteiger partial charge < -0.3 is 5.32 Å². The molecule has 0 amide bonds. The Morgan fingerprint density at radius 1 is 1.09 bits per heavy atom. The van der Waals surface area contributed by atoms with Gasteiger partial charge in [-0.1, -0.05) is 105 Å². The minimum Gasteiger partial charge on any atom is -0.332 e. The molecule has 0 aliphatic carbocycles. The Morgan fingerprint density at radius 3 is 2.66 bits per heavy atom. The molecule has 0 saturated carbocycles. The summed E-state index contributed by atoms with van der Waals surface area (Å²) in [6.45, 7) is 3.95. The summed E-state index contributed by atoms with van der Waals surface area (Å²) < 4.78 is 0. The van der Waals surface area contributed by atoms with Gasteiger partial charge in [0.2, 0.25) is 0 Å². The maximum Gasteiger partial charge on any atom is 0.179 e. The molecule has 3 nitrogen and oxygen atoms in total. The summed E-state index contributed by atoms with van der Waals surface area (Å²) >= 11 is 13.6. The highest BCUT2D eigenvalue weighted by molar-refractivity contribution is 8.14. The van der Waals surface area contributed by atoms with E-state index in [1.165, 1.54) is 50.5 Å². The predicted octanol–water partition coefficient (Wildman–Crippen LogP) is 7.98. The van der Waals surface area contributed by atoms with Crippen molar-refractivity contribution in [1.82, 2.24) is 4.90 Å². The van der Waals surface area contributed by atoms with Crippen molar-refractivity contribution in [2.75, 3.05) is 24.2 Å². The van der Waals surface area contributed by atoms with Crippen molar-refractivity contribution in [2.24, 2.45) is 4.99 Å². The number of nitrogens with one attached hydrogen (secondary N) is 1.